The highest BCUT2D eigenvalue weighted by atomic mass is 35.5. The first kappa shape index (κ1) is 30.6. The third-order valence-corrected chi connectivity index (χ3v) is 18.8. The molecule has 0 N–H and O–H groups in total. The van der Waals surface area contributed by atoms with Gasteiger partial charge in [0.25, 0.3) is 0 Å². The molecule has 2 nitrogen and oxygen atoms in total. The Labute approximate surface area is 224 Å². The number of rotatable bonds is 10. The van der Waals surface area contributed by atoms with Crippen molar-refractivity contribution in [3.8, 4) is 0 Å². The van der Waals surface area contributed by atoms with Gasteiger partial charge in [-0.2, -0.15) is 0 Å². The highest BCUT2D eigenvalue weighted by Gasteiger charge is 2.45. The van der Waals surface area contributed by atoms with Gasteiger partial charge in [0, 0.05) is 40.3 Å². The van der Waals surface area contributed by atoms with Gasteiger partial charge in [-0.25, -0.2) is 0 Å². The van der Waals surface area contributed by atoms with Crippen LogP contribution in [0, 0.1) is 5.92 Å². The summed E-state index contributed by atoms with van der Waals surface area (Å²) in [5.41, 5.74) is 3.12. The molecule has 0 aromatic carbocycles. The Hall–Kier alpha value is 0.328. The van der Waals surface area contributed by atoms with Gasteiger partial charge in [-0.15, -0.1) is 0 Å². The molecule has 0 aliphatic heterocycles. The minimum atomic E-state index is -1.91. The molecule has 0 radical (unpaired) electrons. The molecule has 2 unspecified atom stereocenters. The van der Waals surface area contributed by atoms with E-state index in [1.165, 1.54) is 21.5 Å². The lowest BCUT2D eigenvalue weighted by atomic mass is 9.93. The van der Waals surface area contributed by atoms with Crippen molar-refractivity contribution < 1.29 is 8.85 Å². The highest BCUT2D eigenvalue weighted by molar-refractivity contribution is 6.88. The Bertz CT molecular complexity index is 844. The van der Waals surface area contributed by atoms with Gasteiger partial charge in [-0.1, -0.05) is 78.9 Å². The predicted molar refractivity (Wildman–Crippen MR) is 163 cm³/mol. The molecule has 2 aliphatic rings. The number of hydrogen-bond donors (Lipinski definition) is 0. The number of allylic oxidation sites excluding steroid dienone is 8. The van der Waals surface area contributed by atoms with E-state index in [2.05, 4.69) is 98.4 Å². The van der Waals surface area contributed by atoms with Crippen molar-refractivity contribution in [1.82, 2.24) is 0 Å². The quantitative estimate of drug-likeness (QED) is 0.242. The SMILES string of the molecule is CC(C1=C(Cl)CC=C1[Si](C)(C)C(C)O[Si](C)(C)C)C1=C(Cl)CC=C1[Si](C)(C)C(C)O[Si](C)(C)C. The Morgan fingerprint density at radius 1 is 0.618 bits per heavy atom. The van der Waals surface area contributed by atoms with E-state index in [-0.39, 0.29) is 17.4 Å². The fourth-order valence-electron chi connectivity index (χ4n) is 5.21. The van der Waals surface area contributed by atoms with Crippen LogP contribution < -0.4 is 0 Å². The zero-order valence-electron chi connectivity index (χ0n) is 23.9. The molecule has 2 aliphatic carbocycles. The maximum absolute atomic E-state index is 6.97. The largest absolute Gasteiger partial charge is 0.418 e. The van der Waals surface area contributed by atoms with Gasteiger partial charge in [0.1, 0.15) is 16.1 Å². The van der Waals surface area contributed by atoms with Crippen LogP contribution in [0.5, 0.6) is 0 Å². The molecule has 0 saturated heterocycles. The first-order chi connectivity index (χ1) is 15.2. The molecule has 0 spiro atoms. The van der Waals surface area contributed by atoms with Crippen molar-refractivity contribution in [3.63, 3.8) is 0 Å². The van der Waals surface area contributed by atoms with E-state index in [1.54, 1.807) is 0 Å². The summed E-state index contributed by atoms with van der Waals surface area (Å²) in [6.45, 7) is 30.3. The van der Waals surface area contributed by atoms with Gasteiger partial charge < -0.3 is 8.85 Å². The van der Waals surface area contributed by atoms with Crippen LogP contribution >= 0.6 is 23.2 Å². The summed E-state index contributed by atoms with van der Waals surface area (Å²) < 4.78 is 13.2. The van der Waals surface area contributed by atoms with Crippen LogP contribution in [0.1, 0.15) is 33.6 Å². The number of hydrogen-bond acceptors (Lipinski definition) is 2. The lowest BCUT2D eigenvalue weighted by Crippen LogP contribution is -2.50. The van der Waals surface area contributed by atoms with Crippen LogP contribution in [0.15, 0.2) is 43.8 Å². The lowest BCUT2D eigenvalue weighted by Gasteiger charge is -2.40. The minimum absolute atomic E-state index is 0.180. The van der Waals surface area contributed by atoms with Crippen molar-refractivity contribution in [2.75, 3.05) is 0 Å². The zero-order chi connectivity index (χ0) is 26.4. The molecule has 194 valence electrons. The first-order valence-electron chi connectivity index (χ1n) is 12.7. The van der Waals surface area contributed by atoms with E-state index in [1.807, 2.05) is 0 Å². The zero-order valence-corrected chi connectivity index (χ0v) is 29.4. The van der Waals surface area contributed by atoms with Crippen molar-refractivity contribution in [2.24, 2.45) is 5.92 Å². The summed E-state index contributed by atoms with van der Waals surface area (Å²) in [6, 6.07) is 0. The predicted octanol–water partition coefficient (Wildman–Crippen LogP) is 9.32. The summed E-state index contributed by atoms with van der Waals surface area (Å²) in [6.07, 6.45) is 6.42. The average Bonchev–Trinajstić information content (AvgIpc) is 3.21. The molecule has 2 rings (SSSR count). The van der Waals surface area contributed by atoms with Crippen LogP contribution in [-0.2, 0) is 8.85 Å². The average molecular weight is 576 g/mol. The first-order valence-corrected chi connectivity index (χ1v) is 26.5. The van der Waals surface area contributed by atoms with Gasteiger partial charge in [0.05, 0.1) is 0 Å². The van der Waals surface area contributed by atoms with Crippen LogP contribution in [0.25, 0.3) is 0 Å². The van der Waals surface area contributed by atoms with E-state index in [0.717, 1.165) is 22.9 Å². The van der Waals surface area contributed by atoms with Crippen LogP contribution in [0.3, 0.4) is 0 Å². The van der Waals surface area contributed by atoms with Crippen molar-refractivity contribution in [3.05, 3.63) is 43.8 Å². The number of halogens is 2. The Balaban J connectivity index is 2.43. The maximum Gasteiger partial charge on any atom is 0.183 e. The maximum atomic E-state index is 6.97. The third kappa shape index (κ3) is 6.80. The smallest absolute Gasteiger partial charge is 0.183 e. The second-order valence-electron chi connectivity index (χ2n) is 13.2. The van der Waals surface area contributed by atoms with Gasteiger partial charge in [0.2, 0.25) is 0 Å². The molecule has 0 amide bonds. The second-order valence-corrected chi connectivity index (χ2v) is 32.6. The molecular weight excluding hydrogens is 528 g/mol. The molecule has 0 fully saturated rings. The van der Waals surface area contributed by atoms with E-state index in [9.17, 15) is 0 Å². The summed E-state index contributed by atoms with van der Waals surface area (Å²) >= 11 is 13.9. The molecule has 0 heterocycles. The van der Waals surface area contributed by atoms with E-state index >= 15 is 0 Å². The second kappa shape index (κ2) is 10.6. The molecule has 0 aromatic rings. The van der Waals surface area contributed by atoms with E-state index < -0.39 is 32.8 Å². The lowest BCUT2D eigenvalue weighted by molar-refractivity contribution is 0.282. The van der Waals surface area contributed by atoms with Crippen LogP contribution in [0.4, 0.5) is 0 Å². The summed E-state index contributed by atoms with van der Waals surface area (Å²) in [7, 11) is -7.09. The Morgan fingerprint density at radius 2 is 0.912 bits per heavy atom. The molecule has 0 saturated carbocycles. The minimum Gasteiger partial charge on any atom is -0.418 e. The van der Waals surface area contributed by atoms with E-state index in [0.29, 0.717) is 0 Å². The third-order valence-electron chi connectivity index (χ3n) is 7.48. The molecule has 34 heavy (non-hydrogen) atoms. The van der Waals surface area contributed by atoms with Gasteiger partial charge in [-0.05, 0) is 64.3 Å². The highest BCUT2D eigenvalue weighted by Crippen LogP contribution is 2.49. The van der Waals surface area contributed by atoms with Gasteiger partial charge in [0.15, 0.2) is 16.6 Å². The van der Waals surface area contributed by atoms with Crippen molar-refractivity contribution in [2.45, 2.75) is 111 Å². The standard InChI is InChI=1S/C26H48Cl2O2Si4/c1-18(25-21(27)14-16-23(25)33(10,11)19(2)29-31(4,5)6)26-22(28)15-17-24(26)34(12,13)20(3)30-32(7,8)9/h16-20H,14-15H2,1-13H3. The van der Waals surface area contributed by atoms with Crippen molar-refractivity contribution >= 4 is 56.0 Å². The Kier molecular flexibility index (Phi) is 9.52. The topological polar surface area (TPSA) is 18.5 Å². The summed E-state index contributed by atoms with van der Waals surface area (Å²) in [4.78, 5) is 0. The summed E-state index contributed by atoms with van der Waals surface area (Å²) in [5, 5.41) is 4.89. The molecule has 0 bridgehead atoms. The van der Waals surface area contributed by atoms with Crippen LogP contribution in [-0.4, -0.2) is 44.2 Å². The normalized spacial score (nSPS) is 21.1. The molecule has 0 aromatic heterocycles. The fraction of sp³-hybridized carbons (Fsp3) is 0.692. The van der Waals surface area contributed by atoms with Gasteiger partial charge in [-0.3, -0.25) is 0 Å². The monoisotopic (exact) mass is 574 g/mol. The van der Waals surface area contributed by atoms with Crippen LogP contribution in [0.2, 0.25) is 65.5 Å². The van der Waals surface area contributed by atoms with E-state index in [4.69, 9.17) is 32.1 Å². The molecule has 2 atom stereocenters. The summed E-state index contributed by atoms with van der Waals surface area (Å²) in [5.74, 6) is 0.180. The molecule has 8 heteroatoms. The fourth-order valence-corrected chi connectivity index (χ4v) is 16.9. The Morgan fingerprint density at radius 3 is 1.18 bits per heavy atom. The molecular formula is C26H48Cl2O2Si4. The van der Waals surface area contributed by atoms with Gasteiger partial charge >= 0.3 is 0 Å². The van der Waals surface area contributed by atoms with Crippen molar-refractivity contribution in [1.29, 1.82) is 0 Å².